The van der Waals surface area contributed by atoms with Crippen LogP contribution in [-0.4, -0.2) is 101 Å². The van der Waals surface area contributed by atoms with E-state index in [2.05, 4.69) is 38.1 Å². The Morgan fingerprint density at radius 3 is 2.53 bits per heavy atom. The number of anilines is 3. The molecule has 0 bridgehead atoms. The fraction of sp³-hybridized carbons (Fsp3) is 0.516. The van der Waals surface area contributed by atoms with Crippen LogP contribution in [0.25, 0.3) is 16.9 Å². The zero-order chi connectivity index (χ0) is 29.3. The maximum Gasteiger partial charge on any atom is 0.191 e. The lowest BCUT2D eigenvalue weighted by atomic mass is 10.0. The van der Waals surface area contributed by atoms with Crippen LogP contribution in [-0.2, 0) is 11.2 Å². The van der Waals surface area contributed by atoms with Gasteiger partial charge in [-0.25, -0.2) is 18.7 Å². The molecule has 6 heterocycles. The predicted molar refractivity (Wildman–Crippen MR) is 173 cm³/mol. The van der Waals surface area contributed by atoms with Gasteiger partial charge >= 0.3 is 0 Å². The average Bonchev–Trinajstić information content (AvgIpc) is 3.82. The van der Waals surface area contributed by atoms with Crippen molar-refractivity contribution in [2.45, 2.75) is 19.8 Å². The van der Waals surface area contributed by atoms with Crippen molar-refractivity contribution < 1.29 is 9.13 Å². The molecule has 0 amide bonds. The van der Waals surface area contributed by atoms with E-state index in [1.807, 2.05) is 28.9 Å². The van der Waals surface area contributed by atoms with E-state index in [-0.39, 0.29) is 5.82 Å². The standard InChI is InChI=1S/C31H39FN8OS2/c1-3-26-30(36(2)31-34-27(21-42-31)22-5-7-25(32)8-6-22)40-28(33-26)9-10-29(35-40)38-17-23-19-39(20-24(23)18-38)43-16-4-11-37-12-14-41-15-13-37/h5-10,21,23-24H,3-4,11-20H2,1-2H3. The van der Waals surface area contributed by atoms with Gasteiger partial charge in [0.05, 0.1) is 24.6 Å². The molecule has 0 saturated carbocycles. The SMILES string of the molecule is CCc1nc2ccc(N3CC4CN(SCCCN5CCOCC5)CC4C3)nn2c1N(C)c1nc(-c2ccc(F)cc2)cs1. The summed E-state index contributed by atoms with van der Waals surface area (Å²) in [5.41, 5.74) is 3.57. The number of morpholine rings is 1. The zero-order valence-electron chi connectivity index (χ0n) is 24.9. The summed E-state index contributed by atoms with van der Waals surface area (Å²) in [6.07, 6.45) is 2.03. The summed E-state index contributed by atoms with van der Waals surface area (Å²) in [6, 6.07) is 10.7. The smallest absolute Gasteiger partial charge is 0.191 e. The van der Waals surface area contributed by atoms with E-state index in [1.54, 1.807) is 23.5 Å². The Labute approximate surface area is 260 Å². The molecule has 0 radical (unpaired) electrons. The highest BCUT2D eigenvalue weighted by Crippen LogP contribution is 2.37. The van der Waals surface area contributed by atoms with Crippen molar-refractivity contribution in [2.24, 2.45) is 11.8 Å². The highest BCUT2D eigenvalue weighted by molar-refractivity contribution is 7.97. The first-order valence-electron chi connectivity index (χ1n) is 15.3. The van der Waals surface area contributed by atoms with Gasteiger partial charge in [-0.3, -0.25) is 4.90 Å². The van der Waals surface area contributed by atoms with Crippen LogP contribution in [0.3, 0.4) is 0 Å². The van der Waals surface area contributed by atoms with E-state index in [9.17, 15) is 4.39 Å². The molecule has 0 spiro atoms. The normalized spacial score (nSPS) is 21.2. The monoisotopic (exact) mass is 622 g/mol. The summed E-state index contributed by atoms with van der Waals surface area (Å²) >= 11 is 3.60. The molecule has 1 aromatic carbocycles. The van der Waals surface area contributed by atoms with Crippen molar-refractivity contribution in [1.82, 2.24) is 28.8 Å². The Kier molecular flexibility index (Phi) is 8.55. The summed E-state index contributed by atoms with van der Waals surface area (Å²) in [5, 5.41) is 8.00. The van der Waals surface area contributed by atoms with E-state index in [4.69, 9.17) is 19.8 Å². The van der Waals surface area contributed by atoms with Crippen molar-refractivity contribution in [1.29, 1.82) is 0 Å². The number of halogens is 1. The third-order valence-corrected chi connectivity index (χ3v) is 10.9. The van der Waals surface area contributed by atoms with Gasteiger partial charge in [0.1, 0.15) is 11.6 Å². The molecule has 9 nitrogen and oxygen atoms in total. The third-order valence-electron chi connectivity index (χ3n) is 8.85. The molecule has 2 unspecified atom stereocenters. The maximum absolute atomic E-state index is 13.4. The van der Waals surface area contributed by atoms with E-state index in [1.165, 1.54) is 30.9 Å². The first kappa shape index (κ1) is 29.0. The van der Waals surface area contributed by atoms with Crippen molar-refractivity contribution in [3.8, 4) is 11.3 Å². The Morgan fingerprint density at radius 1 is 1.02 bits per heavy atom. The molecule has 4 aromatic rings. The number of hydrogen-bond donors (Lipinski definition) is 0. The highest BCUT2D eigenvalue weighted by Gasteiger charge is 2.40. The molecule has 0 aliphatic carbocycles. The fourth-order valence-electron chi connectivity index (χ4n) is 6.51. The molecule has 228 valence electrons. The first-order chi connectivity index (χ1) is 21.1. The molecular weight excluding hydrogens is 584 g/mol. The molecule has 3 aromatic heterocycles. The van der Waals surface area contributed by atoms with Crippen molar-refractivity contribution >= 4 is 45.7 Å². The van der Waals surface area contributed by atoms with Crippen LogP contribution < -0.4 is 9.80 Å². The summed E-state index contributed by atoms with van der Waals surface area (Å²) in [6.45, 7) is 11.6. The minimum Gasteiger partial charge on any atom is -0.379 e. The molecule has 3 fully saturated rings. The molecule has 3 aliphatic rings. The van der Waals surface area contributed by atoms with Crippen LogP contribution in [0, 0.1) is 17.7 Å². The number of aryl methyl sites for hydroxylation is 1. The van der Waals surface area contributed by atoms with Gasteiger partial charge in [0.15, 0.2) is 16.6 Å². The molecule has 0 N–H and O–H groups in total. The van der Waals surface area contributed by atoms with Crippen LogP contribution in [0.1, 0.15) is 19.0 Å². The zero-order valence-corrected chi connectivity index (χ0v) is 26.5. The second-order valence-electron chi connectivity index (χ2n) is 11.7. The van der Waals surface area contributed by atoms with Gasteiger partial charge in [-0.2, -0.15) is 4.52 Å². The molecular formula is C31H39FN8OS2. The number of imidazole rings is 1. The largest absolute Gasteiger partial charge is 0.379 e. The molecule has 12 heteroatoms. The summed E-state index contributed by atoms with van der Waals surface area (Å²) in [5.74, 6) is 4.26. The van der Waals surface area contributed by atoms with Gasteiger partial charge in [0, 0.05) is 63.0 Å². The molecule has 2 atom stereocenters. The Morgan fingerprint density at radius 2 is 1.79 bits per heavy atom. The predicted octanol–water partition coefficient (Wildman–Crippen LogP) is 5.06. The van der Waals surface area contributed by atoms with Crippen LogP contribution in [0.5, 0.6) is 0 Å². The second kappa shape index (κ2) is 12.7. The van der Waals surface area contributed by atoms with E-state index < -0.39 is 0 Å². The van der Waals surface area contributed by atoms with Gasteiger partial charge in [0.25, 0.3) is 0 Å². The number of ether oxygens (including phenoxy) is 1. The lowest BCUT2D eigenvalue weighted by Crippen LogP contribution is -2.37. The van der Waals surface area contributed by atoms with Crippen LogP contribution in [0.4, 0.5) is 21.2 Å². The molecule has 43 heavy (non-hydrogen) atoms. The number of aromatic nitrogens is 4. The van der Waals surface area contributed by atoms with Crippen molar-refractivity contribution in [3.63, 3.8) is 0 Å². The molecule has 7 rings (SSSR count). The summed E-state index contributed by atoms with van der Waals surface area (Å²) < 4.78 is 23.5. The minimum absolute atomic E-state index is 0.246. The Bertz CT molecular complexity index is 1520. The van der Waals surface area contributed by atoms with Crippen LogP contribution >= 0.6 is 23.3 Å². The minimum atomic E-state index is -0.246. The van der Waals surface area contributed by atoms with Gasteiger partial charge in [-0.1, -0.05) is 18.9 Å². The second-order valence-corrected chi connectivity index (χ2v) is 13.7. The van der Waals surface area contributed by atoms with Gasteiger partial charge in [0.2, 0.25) is 0 Å². The van der Waals surface area contributed by atoms with Gasteiger partial charge in [-0.05, 0) is 67.6 Å². The first-order valence-corrected chi connectivity index (χ1v) is 17.1. The number of benzene rings is 1. The van der Waals surface area contributed by atoms with E-state index >= 15 is 0 Å². The molecule has 3 saturated heterocycles. The number of rotatable bonds is 10. The van der Waals surface area contributed by atoms with Crippen LogP contribution in [0.2, 0.25) is 0 Å². The Balaban J connectivity index is 1.01. The van der Waals surface area contributed by atoms with E-state index in [0.717, 1.165) is 98.3 Å². The highest BCUT2D eigenvalue weighted by atomic mass is 32.2. The lowest BCUT2D eigenvalue weighted by Gasteiger charge is -2.26. The number of fused-ring (bicyclic) bond motifs is 2. The van der Waals surface area contributed by atoms with Crippen LogP contribution in [0.15, 0.2) is 41.8 Å². The number of hydrogen-bond acceptors (Lipinski definition) is 10. The molecule has 3 aliphatic heterocycles. The quantitative estimate of drug-likeness (QED) is 0.178. The number of thiazole rings is 1. The van der Waals surface area contributed by atoms with Crippen molar-refractivity contribution in [3.05, 3.63) is 53.3 Å². The third kappa shape index (κ3) is 6.12. The summed E-state index contributed by atoms with van der Waals surface area (Å²) in [4.78, 5) is 16.9. The van der Waals surface area contributed by atoms with E-state index in [0.29, 0.717) is 11.8 Å². The maximum atomic E-state index is 13.4. The topological polar surface area (TPSA) is 65.3 Å². The van der Waals surface area contributed by atoms with Crippen molar-refractivity contribution in [2.75, 3.05) is 81.6 Å². The summed E-state index contributed by atoms with van der Waals surface area (Å²) in [7, 11) is 2.03. The van der Waals surface area contributed by atoms with Gasteiger partial charge < -0.3 is 14.5 Å². The average molecular weight is 623 g/mol. The lowest BCUT2D eigenvalue weighted by molar-refractivity contribution is 0.0381. The van der Waals surface area contributed by atoms with Gasteiger partial charge in [-0.15, -0.1) is 16.4 Å². The fourth-order valence-corrected chi connectivity index (χ4v) is 8.42. The Hall–Kier alpha value is -2.77. The number of nitrogens with zero attached hydrogens (tertiary/aromatic N) is 8.